The second kappa shape index (κ2) is 6.88. The van der Waals surface area contributed by atoms with E-state index in [2.05, 4.69) is 5.32 Å². The van der Waals surface area contributed by atoms with Crippen molar-refractivity contribution in [1.29, 1.82) is 0 Å². The van der Waals surface area contributed by atoms with Gasteiger partial charge in [0, 0.05) is 12.1 Å². The first-order chi connectivity index (χ1) is 9.63. The van der Waals surface area contributed by atoms with Crippen LogP contribution in [0.25, 0.3) is 0 Å². The molecule has 4 heteroatoms. The Hall–Kier alpha value is -0.640. The Kier molecular flexibility index (Phi) is 5.42. The van der Waals surface area contributed by atoms with Crippen molar-refractivity contribution in [2.45, 2.75) is 50.7 Å². The number of likely N-dealkylation sites (N-methyl/N-ethyl adjacent to an activating group) is 1. The Morgan fingerprint density at radius 1 is 1.35 bits per heavy atom. The Morgan fingerprint density at radius 3 is 2.65 bits per heavy atom. The van der Waals surface area contributed by atoms with Gasteiger partial charge >= 0.3 is 0 Å². The van der Waals surface area contributed by atoms with Crippen LogP contribution in [0.2, 0.25) is 5.02 Å². The van der Waals surface area contributed by atoms with Gasteiger partial charge in [-0.3, -0.25) is 0 Å². The van der Waals surface area contributed by atoms with Crippen LogP contribution in [0.5, 0.6) is 0 Å². The van der Waals surface area contributed by atoms with Crippen molar-refractivity contribution in [3.63, 3.8) is 0 Å². The van der Waals surface area contributed by atoms with E-state index >= 15 is 0 Å². The summed E-state index contributed by atoms with van der Waals surface area (Å²) in [6, 6.07) is 4.49. The fraction of sp³-hybridized carbons (Fsp3) is 0.625. The molecule has 0 bridgehead atoms. The summed E-state index contributed by atoms with van der Waals surface area (Å²) in [5, 5.41) is 4.05. The first-order valence-electron chi connectivity index (χ1n) is 7.36. The summed E-state index contributed by atoms with van der Waals surface area (Å²) in [5.74, 6) is -0.255. The number of hydrogen-bond acceptors (Lipinski definition) is 2. The van der Waals surface area contributed by atoms with E-state index in [4.69, 9.17) is 16.3 Å². The molecular weight excluding hydrogens is 277 g/mol. The molecule has 1 fully saturated rings. The van der Waals surface area contributed by atoms with Gasteiger partial charge in [0.15, 0.2) is 0 Å². The lowest BCUT2D eigenvalue weighted by Crippen LogP contribution is -2.47. The smallest absolute Gasteiger partial charge is 0.123 e. The Bertz CT molecular complexity index is 446. The predicted molar refractivity (Wildman–Crippen MR) is 80.7 cm³/mol. The molecule has 0 saturated heterocycles. The molecule has 1 aromatic rings. The molecule has 2 rings (SSSR count). The van der Waals surface area contributed by atoms with Crippen molar-refractivity contribution in [3.05, 3.63) is 34.6 Å². The second-order valence-corrected chi connectivity index (χ2v) is 5.89. The molecule has 2 nitrogen and oxygen atoms in total. The van der Waals surface area contributed by atoms with E-state index in [9.17, 15) is 4.39 Å². The first-order valence-corrected chi connectivity index (χ1v) is 7.74. The highest BCUT2D eigenvalue weighted by molar-refractivity contribution is 6.31. The van der Waals surface area contributed by atoms with Crippen LogP contribution in [-0.4, -0.2) is 19.3 Å². The molecule has 1 N–H and O–H groups in total. The molecule has 20 heavy (non-hydrogen) atoms. The third-order valence-corrected chi connectivity index (χ3v) is 4.65. The SMILES string of the molecule is CCNC(c1cc(F)ccc1Cl)C1(OC)CCCCC1. The highest BCUT2D eigenvalue weighted by atomic mass is 35.5. The lowest BCUT2D eigenvalue weighted by Gasteiger charge is -2.43. The van der Waals surface area contributed by atoms with Crippen LogP contribution in [0, 0.1) is 5.82 Å². The number of halogens is 2. The van der Waals surface area contributed by atoms with Gasteiger partial charge in [-0.1, -0.05) is 37.8 Å². The van der Waals surface area contributed by atoms with Crippen molar-refractivity contribution in [2.24, 2.45) is 0 Å². The normalized spacial score (nSPS) is 19.8. The summed E-state index contributed by atoms with van der Waals surface area (Å²) in [6.07, 6.45) is 5.48. The molecule has 0 aromatic heterocycles. The van der Waals surface area contributed by atoms with Crippen molar-refractivity contribution in [3.8, 4) is 0 Å². The molecule has 1 saturated carbocycles. The molecule has 1 aliphatic carbocycles. The van der Waals surface area contributed by atoms with Crippen LogP contribution in [0.4, 0.5) is 4.39 Å². The molecule has 0 amide bonds. The van der Waals surface area contributed by atoms with Crippen molar-refractivity contribution in [1.82, 2.24) is 5.32 Å². The topological polar surface area (TPSA) is 21.3 Å². The van der Waals surface area contributed by atoms with Crippen LogP contribution < -0.4 is 5.32 Å². The van der Waals surface area contributed by atoms with Crippen LogP contribution in [0.15, 0.2) is 18.2 Å². The summed E-state index contributed by atoms with van der Waals surface area (Å²) < 4.78 is 19.5. The molecule has 1 atom stereocenters. The van der Waals surface area contributed by atoms with Gasteiger partial charge in [0.2, 0.25) is 0 Å². The van der Waals surface area contributed by atoms with Gasteiger partial charge in [0.1, 0.15) is 5.82 Å². The fourth-order valence-corrected chi connectivity index (χ4v) is 3.51. The second-order valence-electron chi connectivity index (χ2n) is 5.49. The van der Waals surface area contributed by atoms with Gasteiger partial charge in [-0.2, -0.15) is 0 Å². The van der Waals surface area contributed by atoms with Crippen molar-refractivity contribution < 1.29 is 9.13 Å². The monoisotopic (exact) mass is 299 g/mol. The Labute approximate surface area is 125 Å². The van der Waals surface area contributed by atoms with Gasteiger partial charge in [0.25, 0.3) is 0 Å². The van der Waals surface area contributed by atoms with Gasteiger partial charge in [-0.15, -0.1) is 0 Å². The highest BCUT2D eigenvalue weighted by Gasteiger charge is 2.41. The zero-order valence-corrected chi connectivity index (χ0v) is 13.0. The minimum Gasteiger partial charge on any atom is -0.376 e. The maximum Gasteiger partial charge on any atom is 0.123 e. The quantitative estimate of drug-likeness (QED) is 0.865. The molecule has 1 aliphatic rings. The van der Waals surface area contributed by atoms with Crippen LogP contribution in [0.3, 0.4) is 0 Å². The molecule has 0 aliphatic heterocycles. The van der Waals surface area contributed by atoms with Gasteiger partial charge in [0.05, 0.1) is 11.6 Å². The van der Waals surface area contributed by atoms with Crippen LogP contribution in [0.1, 0.15) is 50.6 Å². The standard InChI is InChI=1S/C16H23ClFNO/c1-3-19-15(13-11-12(18)7-8-14(13)17)16(20-2)9-5-4-6-10-16/h7-8,11,15,19H,3-6,9-10H2,1-2H3. The summed E-state index contributed by atoms with van der Waals surface area (Å²) in [7, 11) is 1.75. The van der Waals surface area contributed by atoms with E-state index in [1.54, 1.807) is 13.2 Å². The largest absolute Gasteiger partial charge is 0.376 e. The van der Waals surface area contributed by atoms with E-state index < -0.39 is 0 Å². The molecular formula is C16H23ClFNO. The van der Waals surface area contributed by atoms with Crippen LogP contribution >= 0.6 is 11.6 Å². The average molecular weight is 300 g/mol. The zero-order chi connectivity index (χ0) is 14.6. The summed E-state index contributed by atoms with van der Waals surface area (Å²) in [6.45, 7) is 2.84. The molecule has 1 unspecified atom stereocenters. The van der Waals surface area contributed by atoms with E-state index in [1.165, 1.54) is 18.6 Å². The fourth-order valence-electron chi connectivity index (χ4n) is 3.28. The first kappa shape index (κ1) is 15.7. The summed E-state index contributed by atoms with van der Waals surface area (Å²) in [5.41, 5.74) is 0.517. The average Bonchev–Trinajstić information content (AvgIpc) is 2.48. The van der Waals surface area contributed by atoms with Gasteiger partial charge in [-0.25, -0.2) is 4.39 Å². The van der Waals surface area contributed by atoms with E-state index in [0.29, 0.717) is 5.02 Å². The number of methoxy groups -OCH3 is 1. The minimum atomic E-state index is -0.286. The van der Waals surface area contributed by atoms with Gasteiger partial charge in [-0.05, 0) is 43.1 Å². The molecule has 112 valence electrons. The number of benzene rings is 1. The highest BCUT2D eigenvalue weighted by Crippen LogP contribution is 2.43. The van der Waals surface area contributed by atoms with E-state index in [-0.39, 0.29) is 17.5 Å². The maximum atomic E-state index is 13.6. The van der Waals surface area contributed by atoms with Gasteiger partial charge < -0.3 is 10.1 Å². The summed E-state index contributed by atoms with van der Waals surface area (Å²) >= 11 is 6.30. The number of ether oxygens (including phenoxy) is 1. The van der Waals surface area contributed by atoms with Crippen LogP contribution in [-0.2, 0) is 4.74 Å². The number of rotatable bonds is 5. The molecule has 1 aromatic carbocycles. The third-order valence-electron chi connectivity index (χ3n) is 4.31. The maximum absolute atomic E-state index is 13.6. The lowest BCUT2D eigenvalue weighted by atomic mass is 9.76. The molecule has 0 heterocycles. The zero-order valence-electron chi connectivity index (χ0n) is 12.2. The van der Waals surface area contributed by atoms with E-state index in [1.807, 2.05) is 6.92 Å². The number of nitrogens with one attached hydrogen (secondary N) is 1. The minimum absolute atomic E-state index is 0.0685. The van der Waals surface area contributed by atoms with E-state index in [0.717, 1.165) is 37.8 Å². The number of hydrogen-bond donors (Lipinski definition) is 1. The van der Waals surface area contributed by atoms with Crippen molar-refractivity contribution >= 4 is 11.6 Å². The Morgan fingerprint density at radius 2 is 2.05 bits per heavy atom. The summed E-state index contributed by atoms with van der Waals surface area (Å²) in [4.78, 5) is 0. The lowest BCUT2D eigenvalue weighted by molar-refractivity contribution is -0.0684. The molecule has 0 spiro atoms. The van der Waals surface area contributed by atoms with Crippen molar-refractivity contribution in [2.75, 3.05) is 13.7 Å². The third kappa shape index (κ3) is 3.16. The Balaban J connectivity index is 2.40. The molecule has 0 radical (unpaired) electrons. The predicted octanol–water partition coefficient (Wildman–Crippen LogP) is 4.48.